The van der Waals surface area contributed by atoms with E-state index in [1.54, 1.807) is 60.7 Å². The third-order valence-electron chi connectivity index (χ3n) is 5.67. The first kappa shape index (κ1) is 16.5. The van der Waals surface area contributed by atoms with Crippen molar-refractivity contribution in [2.75, 3.05) is 0 Å². The second-order valence-electron chi connectivity index (χ2n) is 7.23. The summed E-state index contributed by atoms with van der Waals surface area (Å²) >= 11 is 0. The van der Waals surface area contributed by atoms with Gasteiger partial charge in [0.2, 0.25) is 0 Å². The zero-order chi connectivity index (χ0) is 20.0. The molecule has 0 amide bonds. The Morgan fingerprint density at radius 2 is 1.31 bits per heavy atom. The summed E-state index contributed by atoms with van der Waals surface area (Å²) in [6.45, 7) is 0. The molecule has 142 valence electrons. The fourth-order valence-corrected chi connectivity index (χ4v) is 4.39. The molecule has 3 heterocycles. The smallest absolute Gasteiger partial charge is 0.289 e. The van der Waals surface area contributed by atoms with Gasteiger partial charge in [0.15, 0.2) is 0 Å². The number of para-hydroxylation sites is 1. The summed E-state index contributed by atoms with van der Waals surface area (Å²) in [7, 11) is 0. The van der Waals surface area contributed by atoms with Crippen molar-refractivity contribution in [2.45, 2.75) is 11.8 Å². The van der Waals surface area contributed by atoms with Crippen molar-refractivity contribution in [1.29, 1.82) is 0 Å². The molecular formula is C23H12F4N2. The quantitative estimate of drug-likeness (QED) is 0.235. The molecule has 0 N–H and O–H groups in total. The Labute approximate surface area is 162 Å². The summed E-state index contributed by atoms with van der Waals surface area (Å²) in [6.07, 6.45) is 0. The maximum atomic E-state index is 15.3. The number of benzene rings is 3. The number of alkyl halides is 4. The number of imidazole rings is 1. The molecule has 1 aliphatic heterocycles. The first-order chi connectivity index (χ1) is 13.9. The summed E-state index contributed by atoms with van der Waals surface area (Å²) in [5.41, 5.74) is -0.856. The third kappa shape index (κ3) is 1.84. The Morgan fingerprint density at radius 3 is 2.07 bits per heavy atom. The Kier molecular flexibility index (Phi) is 2.93. The minimum Gasteiger partial charge on any atom is -0.289 e. The zero-order valence-corrected chi connectivity index (χ0v) is 14.8. The van der Waals surface area contributed by atoms with Crippen LogP contribution in [0.25, 0.3) is 38.6 Å². The van der Waals surface area contributed by atoms with E-state index in [-0.39, 0.29) is 16.9 Å². The minimum atomic E-state index is -4.42. The Balaban J connectivity index is 1.97. The van der Waals surface area contributed by atoms with E-state index in [2.05, 4.69) is 4.98 Å². The van der Waals surface area contributed by atoms with Crippen molar-refractivity contribution < 1.29 is 17.6 Å². The van der Waals surface area contributed by atoms with Crippen LogP contribution in [0, 0.1) is 0 Å². The van der Waals surface area contributed by atoms with Crippen LogP contribution in [0.5, 0.6) is 0 Å². The molecule has 0 atom stereocenters. The topological polar surface area (TPSA) is 17.3 Å². The van der Waals surface area contributed by atoms with E-state index >= 15 is 17.6 Å². The predicted octanol–water partition coefficient (Wildman–Crippen LogP) is 6.50. The lowest BCUT2D eigenvalue weighted by Crippen LogP contribution is -2.40. The highest BCUT2D eigenvalue weighted by molar-refractivity contribution is 6.13. The second-order valence-corrected chi connectivity index (χ2v) is 7.23. The Hall–Kier alpha value is -3.41. The van der Waals surface area contributed by atoms with Gasteiger partial charge < -0.3 is 0 Å². The van der Waals surface area contributed by atoms with Crippen LogP contribution in [0.4, 0.5) is 17.6 Å². The molecule has 0 saturated carbocycles. The van der Waals surface area contributed by atoms with Crippen molar-refractivity contribution in [3.63, 3.8) is 0 Å². The van der Waals surface area contributed by atoms with Crippen LogP contribution < -0.4 is 0 Å². The van der Waals surface area contributed by atoms with E-state index in [0.29, 0.717) is 21.7 Å². The van der Waals surface area contributed by atoms with Crippen LogP contribution in [0.3, 0.4) is 0 Å². The molecule has 0 spiro atoms. The molecule has 6 heteroatoms. The highest BCUT2D eigenvalue weighted by atomic mass is 19.3. The molecule has 2 nitrogen and oxygen atoms in total. The maximum Gasteiger partial charge on any atom is 0.356 e. The molecule has 3 aromatic carbocycles. The molecule has 5 aromatic rings. The lowest BCUT2D eigenvalue weighted by Gasteiger charge is -2.32. The number of fused-ring (bicyclic) bond motifs is 3. The standard InChI is InChI=1S/C23H12F4N2/c24-22(25)17-12-6-11-15-14-9-4-5-10-16(14)21-28-18(13-7-2-1-3-8-13)20(23(22,26)27)29(21)19(15)17/h1-12H. The summed E-state index contributed by atoms with van der Waals surface area (Å²) in [6, 6.07) is 19.6. The van der Waals surface area contributed by atoms with Crippen molar-refractivity contribution in [3.8, 4) is 11.3 Å². The summed E-state index contributed by atoms with van der Waals surface area (Å²) in [4.78, 5) is 4.48. The normalized spacial score (nSPS) is 16.8. The number of hydrogen-bond acceptors (Lipinski definition) is 1. The van der Waals surface area contributed by atoms with Gasteiger partial charge in [-0.05, 0) is 5.39 Å². The largest absolute Gasteiger partial charge is 0.356 e. The third-order valence-corrected chi connectivity index (χ3v) is 5.67. The molecule has 2 aromatic heterocycles. The number of halogens is 4. The molecule has 0 bridgehead atoms. The van der Waals surface area contributed by atoms with Crippen molar-refractivity contribution in [1.82, 2.24) is 9.38 Å². The SMILES string of the molecule is FC1(F)c2cccc3c4ccccc4c4nc(-c5ccccc5)c(n4c23)C1(F)F. The van der Waals surface area contributed by atoms with E-state index in [1.807, 2.05) is 0 Å². The fourth-order valence-electron chi connectivity index (χ4n) is 4.39. The lowest BCUT2D eigenvalue weighted by atomic mass is 9.90. The second kappa shape index (κ2) is 5.14. The van der Waals surface area contributed by atoms with Gasteiger partial charge in [0, 0.05) is 16.3 Å². The van der Waals surface area contributed by atoms with Crippen molar-refractivity contribution in [3.05, 3.63) is 84.1 Å². The maximum absolute atomic E-state index is 15.3. The predicted molar refractivity (Wildman–Crippen MR) is 103 cm³/mol. The Bertz CT molecular complexity index is 1450. The average molecular weight is 392 g/mol. The molecule has 0 aliphatic carbocycles. The number of nitrogens with zero attached hydrogens (tertiary/aromatic N) is 2. The van der Waals surface area contributed by atoms with Crippen LogP contribution in [0.1, 0.15) is 11.3 Å². The molecular weight excluding hydrogens is 380 g/mol. The van der Waals surface area contributed by atoms with Gasteiger partial charge in [0.05, 0.1) is 16.8 Å². The van der Waals surface area contributed by atoms with Crippen LogP contribution >= 0.6 is 0 Å². The monoisotopic (exact) mass is 392 g/mol. The van der Waals surface area contributed by atoms with Crippen LogP contribution in [0.15, 0.2) is 72.8 Å². The van der Waals surface area contributed by atoms with Gasteiger partial charge >= 0.3 is 11.8 Å². The molecule has 0 fully saturated rings. The number of aromatic nitrogens is 2. The van der Waals surface area contributed by atoms with Gasteiger partial charge in [-0.3, -0.25) is 4.40 Å². The molecule has 1 aliphatic rings. The van der Waals surface area contributed by atoms with Crippen molar-refractivity contribution in [2.24, 2.45) is 0 Å². The Morgan fingerprint density at radius 1 is 0.655 bits per heavy atom. The lowest BCUT2D eigenvalue weighted by molar-refractivity contribution is -0.227. The number of pyridine rings is 1. The number of hydrogen-bond donors (Lipinski definition) is 0. The zero-order valence-electron chi connectivity index (χ0n) is 14.8. The van der Waals surface area contributed by atoms with Crippen LogP contribution in [-0.4, -0.2) is 9.38 Å². The molecule has 0 saturated heterocycles. The van der Waals surface area contributed by atoms with E-state index in [4.69, 9.17) is 0 Å². The van der Waals surface area contributed by atoms with Gasteiger partial charge in [-0.15, -0.1) is 0 Å². The van der Waals surface area contributed by atoms with E-state index in [0.717, 1.165) is 6.07 Å². The van der Waals surface area contributed by atoms with E-state index < -0.39 is 23.1 Å². The van der Waals surface area contributed by atoms with Gasteiger partial charge in [0.25, 0.3) is 0 Å². The molecule has 0 radical (unpaired) electrons. The summed E-state index contributed by atoms with van der Waals surface area (Å²) < 4.78 is 62.2. The van der Waals surface area contributed by atoms with Gasteiger partial charge in [-0.1, -0.05) is 72.8 Å². The highest BCUT2D eigenvalue weighted by Crippen LogP contribution is 2.57. The highest BCUT2D eigenvalue weighted by Gasteiger charge is 2.64. The fraction of sp³-hybridized carbons (Fsp3) is 0.0870. The molecule has 6 rings (SSSR count). The van der Waals surface area contributed by atoms with Gasteiger partial charge in [0.1, 0.15) is 11.3 Å². The average Bonchev–Trinajstić information content (AvgIpc) is 3.15. The minimum absolute atomic E-state index is 0.0850. The van der Waals surface area contributed by atoms with Crippen molar-refractivity contribution >= 4 is 27.3 Å². The van der Waals surface area contributed by atoms with Gasteiger partial charge in [-0.2, -0.15) is 17.6 Å². The summed E-state index contributed by atoms with van der Waals surface area (Å²) in [5.74, 6) is -8.78. The number of rotatable bonds is 1. The molecule has 29 heavy (non-hydrogen) atoms. The van der Waals surface area contributed by atoms with E-state index in [9.17, 15) is 0 Å². The van der Waals surface area contributed by atoms with Gasteiger partial charge in [-0.25, -0.2) is 4.98 Å². The van der Waals surface area contributed by atoms with Crippen LogP contribution in [0.2, 0.25) is 0 Å². The first-order valence-electron chi connectivity index (χ1n) is 9.11. The van der Waals surface area contributed by atoms with E-state index in [1.165, 1.54) is 10.5 Å². The first-order valence-corrected chi connectivity index (χ1v) is 9.11. The summed E-state index contributed by atoms with van der Waals surface area (Å²) in [5, 5.41) is 1.84. The molecule has 0 unspecified atom stereocenters. The van der Waals surface area contributed by atoms with Crippen LogP contribution in [-0.2, 0) is 11.8 Å².